The number of phenolic OH excluding ortho intramolecular Hbond substituents is 1. The van der Waals surface area contributed by atoms with Crippen LogP contribution in [0.4, 0.5) is 9.59 Å². The van der Waals surface area contributed by atoms with Gasteiger partial charge >= 0.3 is 12.1 Å². The molecule has 3 amide bonds. The van der Waals surface area contributed by atoms with Crippen LogP contribution in [0.15, 0.2) is 24.3 Å². The topological polar surface area (TPSA) is 91.3 Å². The van der Waals surface area contributed by atoms with Gasteiger partial charge < -0.3 is 29.7 Å². The van der Waals surface area contributed by atoms with Crippen LogP contribution < -0.4 is 10.1 Å². The first kappa shape index (κ1) is 16.7. The highest BCUT2D eigenvalue weighted by Crippen LogP contribution is 2.16. The van der Waals surface area contributed by atoms with Crippen LogP contribution in [0, 0.1) is 0 Å². The summed E-state index contributed by atoms with van der Waals surface area (Å²) >= 11 is 0. The Morgan fingerprint density at radius 1 is 1.13 bits per heavy atom. The lowest BCUT2D eigenvalue weighted by Crippen LogP contribution is -2.54. The van der Waals surface area contributed by atoms with E-state index in [0.717, 1.165) is 0 Å². The molecule has 1 fully saturated rings. The third-order valence-electron chi connectivity index (χ3n) is 3.48. The molecule has 2 N–H and O–H groups in total. The van der Waals surface area contributed by atoms with Gasteiger partial charge in [-0.1, -0.05) is 0 Å². The molecule has 8 heteroatoms. The van der Waals surface area contributed by atoms with Crippen molar-refractivity contribution in [2.24, 2.45) is 0 Å². The van der Waals surface area contributed by atoms with Gasteiger partial charge in [0.1, 0.15) is 11.5 Å². The van der Waals surface area contributed by atoms with Gasteiger partial charge in [0.15, 0.2) is 6.23 Å². The van der Waals surface area contributed by atoms with Crippen LogP contribution in [0.1, 0.15) is 6.92 Å². The minimum absolute atomic E-state index is 0.150. The summed E-state index contributed by atoms with van der Waals surface area (Å²) < 4.78 is 10.2. The second-order valence-electron chi connectivity index (χ2n) is 5.15. The summed E-state index contributed by atoms with van der Waals surface area (Å²) in [4.78, 5) is 26.7. The molecule has 8 nitrogen and oxygen atoms in total. The largest absolute Gasteiger partial charge is 0.508 e. The number of ether oxygens (including phenoxy) is 2. The molecule has 1 aromatic carbocycles. The lowest BCUT2D eigenvalue weighted by atomic mass is 10.3. The van der Waals surface area contributed by atoms with Gasteiger partial charge in [-0.2, -0.15) is 0 Å². The zero-order valence-electron chi connectivity index (χ0n) is 13.2. The maximum atomic E-state index is 12.2. The third-order valence-corrected chi connectivity index (χ3v) is 3.48. The normalized spacial score (nSPS) is 15.7. The second kappa shape index (κ2) is 7.57. The number of urea groups is 1. The Morgan fingerprint density at radius 3 is 2.26 bits per heavy atom. The molecule has 23 heavy (non-hydrogen) atoms. The van der Waals surface area contributed by atoms with E-state index in [4.69, 9.17) is 4.74 Å². The SMILES string of the molecule is COC(=O)N1CCN(C(=O)NC(C)Oc2ccc(O)cc2)CC1. The second-order valence-corrected chi connectivity index (χ2v) is 5.15. The van der Waals surface area contributed by atoms with Gasteiger partial charge in [0.05, 0.1) is 7.11 Å². The van der Waals surface area contributed by atoms with E-state index in [1.54, 1.807) is 28.9 Å². The monoisotopic (exact) mass is 323 g/mol. The van der Waals surface area contributed by atoms with Crippen molar-refractivity contribution >= 4 is 12.1 Å². The van der Waals surface area contributed by atoms with Crippen molar-refractivity contribution in [1.29, 1.82) is 0 Å². The molecule has 1 saturated heterocycles. The maximum Gasteiger partial charge on any atom is 0.409 e. The maximum absolute atomic E-state index is 12.2. The van der Waals surface area contributed by atoms with E-state index in [9.17, 15) is 14.7 Å². The van der Waals surface area contributed by atoms with Crippen molar-refractivity contribution in [3.63, 3.8) is 0 Å². The predicted molar refractivity (Wildman–Crippen MR) is 82.3 cm³/mol. The van der Waals surface area contributed by atoms with E-state index in [2.05, 4.69) is 10.1 Å². The molecule has 1 heterocycles. The number of nitrogens with one attached hydrogen (secondary N) is 1. The molecular formula is C15H21N3O5. The number of phenols is 1. The average molecular weight is 323 g/mol. The molecule has 0 bridgehead atoms. The number of methoxy groups -OCH3 is 1. The standard InChI is InChI=1S/C15H21N3O5/c1-11(23-13-5-3-12(19)4-6-13)16-14(20)17-7-9-18(10-8-17)15(21)22-2/h3-6,11,19H,7-10H2,1-2H3,(H,16,20). The number of amides is 3. The van der Waals surface area contributed by atoms with E-state index >= 15 is 0 Å². The van der Waals surface area contributed by atoms with Crippen LogP contribution in [0.3, 0.4) is 0 Å². The van der Waals surface area contributed by atoms with Gasteiger partial charge in [-0.25, -0.2) is 9.59 Å². The van der Waals surface area contributed by atoms with Crippen molar-refractivity contribution in [3.05, 3.63) is 24.3 Å². The third kappa shape index (κ3) is 4.67. The van der Waals surface area contributed by atoms with Crippen LogP contribution >= 0.6 is 0 Å². The number of carbonyl (C=O) groups is 2. The van der Waals surface area contributed by atoms with Gasteiger partial charge in [0.25, 0.3) is 0 Å². The first-order valence-corrected chi connectivity index (χ1v) is 7.33. The van der Waals surface area contributed by atoms with Gasteiger partial charge in [-0.15, -0.1) is 0 Å². The Bertz CT molecular complexity index is 541. The molecule has 126 valence electrons. The summed E-state index contributed by atoms with van der Waals surface area (Å²) in [6.07, 6.45) is -0.903. The van der Waals surface area contributed by atoms with Crippen molar-refractivity contribution in [1.82, 2.24) is 15.1 Å². The fourth-order valence-corrected chi connectivity index (χ4v) is 2.24. The number of hydrogen-bond acceptors (Lipinski definition) is 5. The summed E-state index contributed by atoms with van der Waals surface area (Å²) in [6.45, 7) is 3.47. The van der Waals surface area contributed by atoms with E-state index in [1.165, 1.54) is 19.2 Å². The van der Waals surface area contributed by atoms with E-state index in [1.807, 2.05) is 0 Å². The zero-order chi connectivity index (χ0) is 16.8. The lowest BCUT2D eigenvalue weighted by Gasteiger charge is -2.34. The Labute approximate surface area is 134 Å². The fraction of sp³-hybridized carbons (Fsp3) is 0.467. The molecule has 2 rings (SSSR count). The number of piperazine rings is 1. The van der Waals surface area contributed by atoms with E-state index in [0.29, 0.717) is 31.9 Å². The van der Waals surface area contributed by atoms with Crippen LogP contribution in [-0.4, -0.2) is 66.5 Å². The summed E-state index contributed by atoms with van der Waals surface area (Å²) in [7, 11) is 1.34. The number of hydrogen-bond donors (Lipinski definition) is 2. The Balaban J connectivity index is 1.78. The van der Waals surface area contributed by atoms with E-state index in [-0.39, 0.29) is 17.9 Å². The zero-order valence-corrected chi connectivity index (χ0v) is 13.2. The molecule has 0 radical (unpaired) electrons. The molecule has 1 aliphatic rings. The summed E-state index contributed by atoms with van der Waals surface area (Å²) in [5, 5.41) is 12.0. The molecule has 1 aromatic rings. The minimum atomic E-state index is -0.523. The number of aromatic hydroxyl groups is 1. The van der Waals surface area contributed by atoms with Crippen LogP contribution in [-0.2, 0) is 4.74 Å². The Hall–Kier alpha value is -2.64. The fourth-order valence-electron chi connectivity index (χ4n) is 2.24. The molecule has 0 aliphatic carbocycles. The average Bonchev–Trinajstić information content (AvgIpc) is 2.56. The molecule has 0 spiro atoms. The molecule has 0 saturated carbocycles. The van der Waals surface area contributed by atoms with Gasteiger partial charge in [-0.05, 0) is 31.2 Å². The van der Waals surface area contributed by atoms with Crippen molar-refractivity contribution in [2.45, 2.75) is 13.2 Å². The van der Waals surface area contributed by atoms with Gasteiger partial charge in [-0.3, -0.25) is 0 Å². The van der Waals surface area contributed by atoms with Crippen molar-refractivity contribution < 1.29 is 24.2 Å². The highest BCUT2D eigenvalue weighted by Gasteiger charge is 2.25. The predicted octanol–water partition coefficient (Wildman–Crippen LogP) is 1.21. The summed E-state index contributed by atoms with van der Waals surface area (Å²) in [5.41, 5.74) is 0. The van der Waals surface area contributed by atoms with Crippen LogP contribution in [0.2, 0.25) is 0 Å². The molecule has 1 aliphatic heterocycles. The van der Waals surface area contributed by atoms with Crippen LogP contribution in [0.25, 0.3) is 0 Å². The molecule has 0 aromatic heterocycles. The number of nitrogens with zero attached hydrogens (tertiary/aromatic N) is 2. The van der Waals surface area contributed by atoms with E-state index < -0.39 is 6.23 Å². The van der Waals surface area contributed by atoms with Gasteiger partial charge in [0.2, 0.25) is 0 Å². The minimum Gasteiger partial charge on any atom is -0.508 e. The quantitative estimate of drug-likeness (QED) is 0.816. The Kier molecular flexibility index (Phi) is 5.51. The molecule has 1 atom stereocenters. The highest BCUT2D eigenvalue weighted by atomic mass is 16.5. The van der Waals surface area contributed by atoms with Crippen molar-refractivity contribution in [3.8, 4) is 11.5 Å². The number of rotatable bonds is 3. The first-order valence-electron chi connectivity index (χ1n) is 7.33. The summed E-state index contributed by atoms with van der Waals surface area (Å²) in [5.74, 6) is 0.698. The summed E-state index contributed by atoms with van der Waals surface area (Å²) in [6, 6.07) is 6.01. The number of carbonyl (C=O) groups excluding carboxylic acids is 2. The highest BCUT2D eigenvalue weighted by molar-refractivity contribution is 5.75. The van der Waals surface area contributed by atoms with Crippen LogP contribution in [0.5, 0.6) is 11.5 Å². The van der Waals surface area contributed by atoms with Crippen molar-refractivity contribution in [2.75, 3.05) is 33.3 Å². The molecule has 1 unspecified atom stereocenters. The van der Waals surface area contributed by atoms with Gasteiger partial charge in [0, 0.05) is 26.2 Å². The Morgan fingerprint density at radius 2 is 1.70 bits per heavy atom. The molecular weight excluding hydrogens is 302 g/mol. The number of benzene rings is 1. The first-order chi connectivity index (χ1) is 11.0. The lowest BCUT2D eigenvalue weighted by molar-refractivity contribution is 0.0926. The smallest absolute Gasteiger partial charge is 0.409 e.